The first kappa shape index (κ1) is 26.9. The number of carbonyl (C=O) groups is 1. The van der Waals surface area contributed by atoms with Gasteiger partial charge >= 0.3 is 0 Å². The van der Waals surface area contributed by atoms with E-state index in [0.717, 1.165) is 51.1 Å². The molecule has 11 heteroatoms. The van der Waals surface area contributed by atoms with E-state index in [1.807, 2.05) is 11.9 Å². The number of anilines is 2. The molecule has 1 amide bonds. The van der Waals surface area contributed by atoms with Crippen molar-refractivity contribution >= 4 is 17.3 Å². The van der Waals surface area contributed by atoms with Gasteiger partial charge in [-0.25, -0.2) is 4.39 Å². The average Bonchev–Trinajstić information content (AvgIpc) is 3.19. The van der Waals surface area contributed by atoms with Crippen LogP contribution in [0.5, 0.6) is 0 Å². The van der Waals surface area contributed by atoms with Crippen LogP contribution in [0.2, 0.25) is 0 Å². The molecular formula is C28H43FN8O2. The molecule has 1 aromatic carbocycles. The first-order valence-corrected chi connectivity index (χ1v) is 14.5. The van der Waals surface area contributed by atoms with Gasteiger partial charge in [0.25, 0.3) is 0 Å². The monoisotopic (exact) mass is 542 g/mol. The molecule has 4 fully saturated rings. The van der Waals surface area contributed by atoms with Gasteiger partial charge in [-0.3, -0.25) is 25.8 Å². The maximum absolute atomic E-state index is 15.0. The number of amides is 1. The van der Waals surface area contributed by atoms with Crippen LogP contribution in [0.4, 0.5) is 15.8 Å². The zero-order valence-corrected chi connectivity index (χ0v) is 23.1. The molecule has 5 aliphatic rings. The number of hydrogen-bond acceptors (Lipinski definition) is 9. The van der Waals surface area contributed by atoms with Gasteiger partial charge in [0.1, 0.15) is 12.1 Å². The number of fused-ring (bicyclic) bond motifs is 6. The minimum Gasteiger partial charge on any atom is -0.389 e. The molecule has 10 nitrogen and oxygen atoms in total. The lowest BCUT2D eigenvalue weighted by molar-refractivity contribution is -0.147. The van der Waals surface area contributed by atoms with Crippen molar-refractivity contribution in [2.45, 2.75) is 69.3 Å². The van der Waals surface area contributed by atoms with Crippen LogP contribution in [-0.4, -0.2) is 103 Å². The molecule has 5 aliphatic heterocycles. The van der Waals surface area contributed by atoms with Crippen molar-refractivity contribution in [1.82, 2.24) is 30.9 Å². The summed E-state index contributed by atoms with van der Waals surface area (Å²) in [5.74, 6) is -0.739. The van der Waals surface area contributed by atoms with Gasteiger partial charge in [0.05, 0.1) is 30.4 Å². The molecule has 214 valence electrons. The fourth-order valence-electron chi connectivity index (χ4n) is 6.77. The number of carbonyl (C=O) groups excluding carboxylic acids is 1. The highest BCUT2D eigenvalue weighted by atomic mass is 19.1. The first-order chi connectivity index (χ1) is 18.8. The Kier molecular flexibility index (Phi) is 7.55. The van der Waals surface area contributed by atoms with E-state index in [1.54, 1.807) is 5.01 Å². The van der Waals surface area contributed by atoms with Crippen molar-refractivity contribution < 1.29 is 14.3 Å². The minimum atomic E-state index is -0.949. The Labute approximate surface area is 230 Å². The van der Waals surface area contributed by atoms with E-state index in [9.17, 15) is 14.3 Å². The molecule has 4 saturated heterocycles. The third-order valence-corrected chi connectivity index (χ3v) is 9.19. The number of allylic oxidation sites excluding steroid dienone is 1. The van der Waals surface area contributed by atoms with Crippen molar-refractivity contribution in [2.75, 3.05) is 56.5 Å². The van der Waals surface area contributed by atoms with Crippen LogP contribution in [0.25, 0.3) is 0 Å². The van der Waals surface area contributed by atoms with Crippen molar-refractivity contribution in [1.29, 1.82) is 0 Å². The molecule has 5 N–H and O–H groups in total. The second-order valence-corrected chi connectivity index (χ2v) is 12.0. The van der Waals surface area contributed by atoms with Gasteiger partial charge in [-0.05, 0) is 70.3 Å². The molecule has 0 spiro atoms. The number of likely N-dealkylation sites (N-methyl/N-ethyl adjacent to an activating group) is 1. The summed E-state index contributed by atoms with van der Waals surface area (Å²) in [5.41, 5.74) is 1.26. The van der Waals surface area contributed by atoms with Crippen molar-refractivity contribution in [3.05, 3.63) is 36.2 Å². The van der Waals surface area contributed by atoms with Crippen molar-refractivity contribution in [3.63, 3.8) is 0 Å². The molecule has 39 heavy (non-hydrogen) atoms. The summed E-state index contributed by atoms with van der Waals surface area (Å²) in [4.78, 5) is 18.3. The van der Waals surface area contributed by atoms with Gasteiger partial charge in [-0.15, -0.1) is 0 Å². The van der Waals surface area contributed by atoms with Crippen LogP contribution in [0.3, 0.4) is 0 Å². The predicted octanol–water partition coefficient (Wildman–Crippen LogP) is 1.19. The van der Waals surface area contributed by atoms with Gasteiger partial charge < -0.3 is 20.2 Å². The number of hydrazine groups is 1. The lowest BCUT2D eigenvalue weighted by atomic mass is 9.85. The van der Waals surface area contributed by atoms with E-state index in [0.29, 0.717) is 19.4 Å². The number of piperidine rings is 1. The molecule has 5 heterocycles. The summed E-state index contributed by atoms with van der Waals surface area (Å²) in [6, 6.07) is 8.38. The maximum Gasteiger partial charge on any atom is 0.244 e. The van der Waals surface area contributed by atoms with E-state index < -0.39 is 5.60 Å². The zero-order chi connectivity index (χ0) is 27.1. The lowest BCUT2D eigenvalue weighted by Gasteiger charge is -2.47. The number of benzene rings is 1. The quantitative estimate of drug-likeness (QED) is 0.386. The third-order valence-electron chi connectivity index (χ3n) is 9.19. The Morgan fingerprint density at radius 1 is 1.10 bits per heavy atom. The number of halogens is 1. The molecular weight excluding hydrogens is 499 g/mol. The number of rotatable bonds is 3. The van der Waals surface area contributed by atoms with Crippen LogP contribution in [-0.2, 0) is 4.79 Å². The Morgan fingerprint density at radius 3 is 2.64 bits per heavy atom. The molecule has 1 aromatic rings. The summed E-state index contributed by atoms with van der Waals surface area (Å²) >= 11 is 0. The normalized spacial score (nSPS) is 37.9. The fraction of sp³-hybridized carbons (Fsp3) is 0.679. The summed E-state index contributed by atoms with van der Waals surface area (Å²) in [7, 11) is 2.16. The van der Waals surface area contributed by atoms with Crippen LogP contribution < -0.4 is 26.2 Å². The largest absolute Gasteiger partial charge is 0.389 e. The van der Waals surface area contributed by atoms with E-state index in [4.69, 9.17) is 0 Å². The Bertz CT molecular complexity index is 1060. The van der Waals surface area contributed by atoms with E-state index in [2.05, 4.69) is 62.4 Å². The van der Waals surface area contributed by atoms with Gasteiger partial charge in [0.15, 0.2) is 0 Å². The third kappa shape index (κ3) is 5.53. The molecule has 0 aromatic heterocycles. The Balaban J connectivity index is 1.18. The first-order valence-electron chi connectivity index (χ1n) is 14.5. The Morgan fingerprint density at radius 2 is 1.87 bits per heavy atom. The van der Waals surface area contributed by atoms with E-state index >= 15 is 0 Å². The molecule has 6 atom stereocenters. The van der Waals surface area contributed by atoms with Gasteiger partial charge in [-0.1, -0.05) is 6.08 Å². The fourth-order valence-corrected chi connectivity index (χ4v) is 6.77. The SMILES string of the molecule is CN1CCN(c2ccc(NC3NCC4C(=O)N5C/C(F)=C\CC[C@@](C)(O)C6CCCC(N6)N5C4N3)cc2)CC1. The van der Waals surface area contributed by atoms with Gasteiger partial charge in [0, 0.05) is 50.1 Å². The average molecular weight is 543 g/mol. The smallest absolute Gasteiger partial charge is 0.244 e. The van der Waals surface area contributed by atoms with Crippen LogP contribution in [0.15, 0.2) is 36.2 Å². The van der Waals surface area contributed by atoms with Gasteiger partial charge in [-0.2, -0.15) is 5.01 Å². The number of nitrogens with zero attached hydrogens (tertiary/aromatic N) is 4. The standard InChI is InChI=1S/C28H43FN8O2/c1-28(39)12-4-5-19(29)18-36-26(38)22-17-30-27(33-25(22)37(36)24-7-3-6-23(28)32-24)31-20-8-10-21(11-9-20)35-15-13-34(2)14-16-35/h5,8-11,22-25,27,30-33,39H,3-4,6-7,12-18H2,1-2H3/b19-5+/t22?,23?,24?,25?,27?,28-/m1/s1. The maximum atomic E-state index is 15.0. The van der Waals surface area contributed by atoms with E-state index in [1.165, 1.54) is 11.8 Å². The summed E-state index contributed by atoms with van der Waals surface area (Å²) in [6.07, 6.45) is 4.34. The number of aliphatic hydroxyl groups is 1. The molecule has 0 aliphatic carbocycles. The molecule has 2 bridgehead atoms. The molecule has 0 radical (unpaired) electrons. The van der Waals surface area contributed by atoms with Crippen LogP contribution in [0, 0.1) is 5.92 Å². The predicted molar refractivity (Wildman–Crippen MR) is 149 cm³/mol. The highest BCUT2D eigenvalue weighted by Crippen LogP contribution is 2.35. The highest BCUT2D eigenvalue weighted by molar-refractivity contribution is 5.82. The number of nitrogens with one attached hydrogen (secondary N) is 4. The Hall–Kier alpha value is -2.28. The zero-order valence-electron chi connectivity index (χ0n) is 23.1. The number of piperazine rings is 1. The highest BCUT2D eigenvalue weighted by Gasteiger charge is 2.53. The second kappa shape index (κ2) is 10.9. The van der Waals surface area contributed by atoms with Crippen molar-refractivity contribution in [3.8, 4) is 0 Å². The minimum absolute atomic E-state index is 0.0755. The molecule has 0 saturated carbocycles. The summed E-state index contributed by atoms with van der Waals surface area (Å²) < 4.78 is 15.0. The van der Waals surface area contributed by atoms with Crippen LogP contribution in [0.1, 0.15) is 39.0 Å². The van der Waals surface area contributed by atoms with E-state index in [-0.39, 0.29) is 48.9 Å². The topological polar surface area (TPSA) is 98.4 Å². The molecule has 5 unspecified atom stereocenters. The number of hydrogen-bond donors (Lipinski definition) is 5. The summed E-state index contributed by atoms with van der Waals surface area (Å²) in [6.45, 7) is 6.44. The molecule has 6 rings (SSSR count). The lowest BCUT2D eigenvalue weighted by Crippen LogP contribution is -2.69. The second-order valence-electron chi connectivity index (χ2n) is 12.0. The van der Waals surface area contributed by atoms with Gasteiger partial charge in [0.2, 0.25) is 5.91 Å². The van der Waals surface area contributed by atoms with Crippen LogP contribution >= 0.6 is 0 Å². The summed E-state index contributed by atoms with van der Waals surface area (Å²) in [5, 5.41) is 29.0. The van der Waals surface area contributed by atoms with Crippen molar-refractivity contribution in [2.24, 2.45) is 5.92 Å².